The van der Waals surface area contributed by atoms with Gasteiger partial charge < -0.3 is 4.74 Å². The SMILES string of the molecule is CCCCCCCC/C=C/C(=O)OC1CCC[C@@H]2CC[C@@H]3[C@@H]4CC[C@@H]([C@@H](C)CCCC(C)C)[C@@]4(C)CC[C@@H]3[C@@]12C. The first-order valence-electron chi connectivity index (χ1n) is 18.1. The second kappa shape index (κ2) is 14.6. The summed E-state index contributed by atoms with van der Waals surface area (Å²) in [5.41, 5.74) is 0.702. The smallest absolute Gasteiger partial charge is 0.330 e. The summed E-state index contributed by atoms with van der Waals surface area (Å²) in [6, 6.07) is 0. The van der Waals surface area contributed by atoms with Crippen molar-refractivity contribution in [3.05, 3.63) is 12.2 Å². The molecule has 4 aliphatic carbocycles. The van der Waals surface area contributed by atoms with Gasteiger partial charge in [0.05, 0.1) is 0 Å². The van der Waals surface area contributed by atoms with Crippen molar-refractivity contribution in [2.75, 3.05) is 0 Å². The molecular weight excluding hydrogens is 488 g/mol. The minimum absolute atomic E-state index is 0.0724. The highest BCUT2D eigenvalue weighted by atomic mass is 16.5. The quantitative estimate of drug-likeness (QED) is 0.121. The van der Waals surface area contributed by atoms with Crippen molar-refractivity contribution in [2.45, 2.75) is 170 Å². The fourth-order valence-corrected chi connectivity index (χ4v) is 10.9. The lowest BCUT2D eigenvalue weighted by atomic mass is 9.44. The zero-order valence-electron chi connectivity index (χ0n) is 27.5. The Morgan fingerprint density at radius 2 is 1.62 bits per heavy atom. The van der Waals surface area contributed by atoms with Gasteiger partial charge >= 0.3 is 5.97 Å². The van der Waals surface area contributed by atoms with E-state index in [0.29, 0.717) is 5.41 Å². The summed E-state index contributed by atoms with van der Waals surface area (Å²) < 4.78 is 6.41. The number of esters is 1. The van der Waals surface area contributed by atoms with E-state index in [9.17, 15) is 4.79 Å². The van der Waals surface area contributed by atoms with Crippen LogP contribution in [0.25, 0.3) is 0 Å². The lowest BCUT2D eigenvalue weighted by Crippen LogP contribution is -2.58. The second-order valence-electron chi connectivity index (χ2n) is 15.9. The molecule has 0 aliphatic heterocycles. The molecule has 2 heteroatoms. The van der Waals surface area contributed by atoms with Gasteiger partial charge in [0.2, 0.25) is 0 Å². The van der Waals surface area contributed by atoms with Gasteiger partial charge in [-0.15, -0.1) is 0 Å². The monoisotopic (exact) mass is 555 g/mol. The van der Waals surface area contributed by atoms with Crippen LogP contribution in [0.15, 0.2) is 12.2 Å². The number of unbranched alkanes of at least 4 members (excludes halogenated alkanes) is 6. The summed E-state index contributed by atoms with van der Waals surface area (Å²) in [6.07, 6.45) is 29.1. The largest absolute Gasteiger partial charge is 0.459 e. The number of allylic oxidation sites excluding steroid dienone is 1. The first-order valence-corrected chi connectivity index (χ1v) is 18.1. The number of hydrogen-bond donors (Lipinski definition) is 0. The molecule has 4 rings (SSSR count). The highest BCUT2D eigenvalue weighted by Gasteiger charge is 2.62. The Morgan fingerprint density at radius 3 is 2.40 bits per heavy atom. The Hall–Kier alpha value is -0.790. The molecule has 230 valence electrons. The fourth-order valence-electron chi connectivity index (χ4n) is 10.9. The molecule has 0 saturated heterocycles. The lowest BCUT2D eigenvalue weighted by Gasteiger charge is -2.62. The lowest BCUT2D eigenvalue weighted by molar-refractivity contribution is -0.188. The number of fused-ring (bicyclic) bond motifs is 5. The molecule has 0 aromatic carbocycles. The molecule has 0 bridgehead atoms. The minimum Gasteiger partial charge on any atom is -0.459 e. The summed E-state index contributed by atoms with van der Waals surface area (Å²) in [7, 11) is 0. The molecule has 0 aromatic heterocycles. The molecule has 0 radical (unpaired) electrons. The Labute approximate surface area is 249 Å². The van der Waals surface area contributed by atoms with Crippen molar-refractivity contribution in [2.24, 2.45) is 52.3 Å². The molecule has 0 spiro atoms. The van der Waals surface area contributed by atoms with E-state index in [1.807, 2.05) is 0 Å². The van der Waals surface area contributed by atoms with Gasteiger partial charge in [-0.25, -0.2) is 4.79 Å². The molecule has 9 atom stereocenters. The van der Waals surface area contributed by atoms with Crippen molar-refractivity contribution < 1.29 is 9.53 Å². The molecule has 0 aromatic rings. The zero-order valence-corrected chi connectivity index (χ0v) is 27.5. The Bertz CT molecular complexity index is 814. The van der Waals surface area contributed by atoms with Gasteiger partial charge in [0.25, 0.3) is 0 Å². The highest BCUT2D eigenvalue weighted by Crippen LogP contribution is 2.68. The van der Waals surface area contributed by atoms with E-state index in [1.165, 1.54) is 109 Å². The Morgan fingerprint density at radius 1 is 0.850 bits per heavy atom. The maximum absolute atomic E-state index is 13.0. The van der Waals surface area contributed by atoms with Crippen LogP contribution < -0.4 is 0 Å². The third kappa shape index (κ3) is 7.05. The second-order valence-corrected chi connectivity index (χ2v) is 15.9. The van der Waals surface area contributed by atoms with Gasteiger partial charge in [-0.2, -0.15) is 0 Å². The molecule has 1 unspecified atom stereocenters. The fraction of sp³-hybridized carbons (Fsp3) is 0.921. The van der Waals surface area contributed by atoms with Crippen molar-refractivity contribution in [1.29, 1.82) is 0 Å². The first-order chi connectivity index (χ1) is 19.2. The standard InChI is InChI=1S/C38H66O2/c1-7-8-9-10-11-12-13-14-21-36(39)40-35-20-16-19-30-22-23-31-33-25-24-32(29(4)18-15-17-28(2)3)37(33,5)27-26-34(31)38(30,35)6/h14,21,28-35H,7-13,15-20,22-27H2,1-6H3/b21-14+/t29-,30+,31+,32-,33-,34-,35?,37+,38-/m0/s1. The summed E-state index contributed by atoms with van der Waals surface area (Å²) in [6.45, 7) is 14.9. The van der Waals surface area contributed by atoms with E-state index in [-0.39, 0.29) is 17.5 Å². The van der Waals surface area contributed by atoms with E-state index in [0.717, 1.165) is 54.3 Å². The molecule has 4 fully saturated rings. The van der Waals surface area contributed by atoms with Crippen molar-refractivity contribution in [3.8, 4) is 0 Å². The van der Waals surface area contributed by atoms with E-state index < -0.39 is 0 Å². The molecule has 0 amide bonds. The van der Waals surface area contributed by atoms with E-state index >= 15 is 0 Å². The third-order valence-electron chi connectivity index (χ3n) is 13.1. The maximum Gasteiger partial charge on any atom is 0.330 e. The van der Waals surface area contributed by atoms with Gasteiger partial charge in [0, 0.05) is 11.5 Å². The average Bonchev–Trinajstić information content (AvgIpc) is 3.27. The predicted molar refractivity (Wildman–Crippen MR) is 170 cm³/mol. The van der Waals surface area contributed by atoms with Crippen molar-refractivity contribution >= 4 is 5.97 Å². The number of carbonyl (C=O) groups is 1. The van der Waals surface area contributed by atoms with Crippen LogP contribution in [0.3, 0.4) is 0 Å². The molecule has 2 nitrogen and oxygen atoms in total. The average molecular weight is 555 g/mol. The van der Waals surface area contributed by atoms with Crippen LogP contribution >= 0.6 is 0 Å². The summed E-state index contributed by atoms with van der Waals surface area (Å²) >= 11 is 0. The summed E-state index contributed by atoms with van der Waals surface area (Å²) in [5.74, 6) is 5.74. The van der Waals surface area contributed by atoms with Crippen molar-refractivity contribution in [3.63, 3.8) is 0 Å². The topological polar surface area (TPSA) is 26.3 Å². The van der Waals surface area contributed by atoms with Crippen molar-refractivity contribution in [1.82, 2.24) is 0 Å². The maximum atomic E-state index is 13.0. The number of carbonyl (C=O) groups excluding carboxylic acids is 1. The molecule has 4 aliphatic rings. The molecule has 0 N–H and O–H groups in total. The van der Waals surface area contributed by atoms with E-state index in [2.05, 4.69) is 47.6 Å². The molecule has 40 heavy (non-hydrogen) atoms. The highest BCUT2D eigenvalue weighted by molar-refractivity contribution is 5.82. The van der Waals surface area contributed by atoms with E-state index in [4.69, 9.17) is 4.74 Å². The third-order valence-corrected chi connectivity index (χ3v) is 13.1. The first kappa shape index (κ1) is 32.1. The minimum atomic E-state index is -0.0724. The molecule has 0 heterocycles. The van der Waals surface area contributed by atoms with Gasteiger partial charge in [-0.3, -0.25) is 0 Å². The van der Waals surface area contributed by atoms with Gasteiger partial charge in [0.15, 0.2) is 0 Å². The number of rotatable bonds is 14. The molecule has 4 saturated carbocycles. The number of hydrogen-bond acceptors (Lipinski definition) is 2. The van der Waals surface area contributed by atoms with Gasteiger partial charge in [-0.1, -0.05) is 99.0 Å². The van der Waals surface area contributed by atoms with Crippen LogP contribution in [0.4, 0.5) is 0 Å². The number of ether oxygens (including phenoxy) is 1. The predicted octanol–water partition coefficient (Wildman–Crippen LogP) is 11.3. The van der Waals surface area contributed by atoms with E-state index in [1.54, 1.807) is 6.08 Å². The van der Waals surface area contributed by atoms with Crippen LogP contribution in [0.5, 0.6) is 0 Å². The van der Waals surface area contributed by atoms with Crippen LogP contribution in [-0.4, -0.2) is 12.1 Å². The van der Waals surface area contributed by atoms with Crippen LogP contribution in [0, 0.1) is 52.3 Å². The molecular formula is C38H66O2. The van der Waals surface area contributed by atoms with Gasteiger partial charge in [-0.05, 0) is 117 Å². The summed E-state index contributed by atoms with van der Waals surface area (Å²) in [5, 5.41) is 0. The van der Waals surface area contributed by atoms with Gasteiger partial charge in [0.1, 0.15) is 6.10 Å². The van der Waals surface area contributed by atoms with Crippen LogP contribution in [-0.2, 0) is 9.53 Å². The zero-order chi connectivity index (χ0) is 28.8. The Balaban J connectivity index is 1.37. The normalized spacial score (nSPS) is 38.2. The summed E-state index contributed by atoms with van der Waals surface area (Å²) in [4.78, 5) is 13.0. The van der Waals surface area contributed by atoms with Crippen LogP contribution in [0.2, 0.25) is 0 Å². The van der Waals surface area contributed by atoms with Crippen LogP contribution in [0.1, 0.15) is 164 Å². The Kier molecular flexibility index (Phi) is 11.7.